The smallest absolute Gasteiger partial charge is 0.252 e. The Labute approximate surface area is 143 Å². The molecule has 0 unspecified atom stereocenters. The highest BCUT2D eigenvalue weighted by molar-refractivity contribution is 7.71. The van der Waals surface area contributed by atoms with Crippen molar-refractivity contribution >= 4 is 36.2 Å². The second kappa shape index (κ2) is 8.28. The zero-order chi connectivity index (χ0) is 15.4. The zero-order valence-corrected chi connectivity index (χ0v) is 14.2. The molecule has 0 fully saturated rings. The maximum Gasteiger partial charge on any atom is 0.252 e. The molecule has 2 aromatic rings. The molecule has 0 saturated heterocycles. The van der Waals surface area contributed by atoms with E-state index in [9.17, 15) is 4.79 Å². The van der Waals surface area contributed by atoms with Crippen molar-refractivity contribution in [3.8, 4) is 17.1 Å². The largest absolute Gasteiger partial charge is 0.481 e. The molecular formula is C13H16Cl2N4O2S. The van der Waals surface area contributed by atoms with Gasteiger partial charge in [0.1, 0.15) is 0 Å². The summed E-state index contributed by atoms with van der Waals surface area (Å²) in [5.41, 5.74) is 6.47. The Morgan fingerprint density at radius 2 is 2.23 bits per heavy atom. The summed E-state index contributed by atoms with van der Waals surface area (Å²) in [4.78, 5) is 18.5. The van der Waals surface area contributed by atoms with Crippen molar-refractivity contribution in [2.75, 3.05) is 13.7 Å². The summed E-state index contributed by atoms with van der Waals surface area (Å²) < 4.78 is 7.36. The highest BCUT2D eigenvalue weighted by atomic mass is 35.5. The molecule has 22 heavy (non-hydrogen) atoms. The number of nitrogens with zero attached hydrogens (tertiary/aromatic N) is 2. The van der Waals surface area contributed by atoms with Crippen LogP contribution in [0.5, 0.6) is 5.88 Å². The molecule has 120 valence electrons. The van der Waals surface area contributed by atoms with Crippen LogP contribution in [0.25, 0.3) is 11.3 Å². The fourth-order valence-corrected chi connectivity index (χ4v) is 2.44. The molecular weight excluding hydrogens is 347 g/mol. The van der Waals surface area contributed by atoms with Crippen LogP contribution in [0, 0.1) is 4.77 Å². The standard InChI is InChI=1S/C13H15ClN4O2S.ClH/c1-20-12-9(5-8(14)7-16-12)10-6-11(19)17-13(21)18(10)4-2-3-15;/h5-7H,2-4,15H2,1H3,(H,17,19,21);1H. The first kappa shape index (κ1) is 18.6. The minimum Gasteiger partial charge on any atom is -0.481 e. The average molecular weight is 363 g/mol. The summed E-state index contributed by atoms with van der Waals surface area (Å²) in [5, 5.41) is 0.447. The molecule has 2 rings (SSSR count). The molecule has 2 aromatic heterocycles. The summed E-state index contributed by atoms with van der Waals surface area (Å²) in [6, 6.07) is 3.14. The molecule has 9 heteroatoms. The van der Waals surface area contributed by atoms with E-state index >= 15 is 0 Å². The van der Waals surface area contributed by atoms with Crippen molar-refractivity contribution in [3.63, 3.8) is 0 Å². The van der Waals surface area contributed by atoms with E-state index in [-0.39, 0.29) is 18.0 Å². The minimum atomic E-state index is -0.291. The third kappa shape index (κ3) is 4.07. The zero-order valence-electron chi connectivity index (χ0n) is 11.8. The Hall–Kier alpha value is -1.41. The highest BCUT2D eigenvalue weighted by Crippen LogP contribution is 2.29. The van der Waals surface area contributed by atoms with Crippen molar-refractivity contribution in [1.29, 1.82) is 0 Å². The fraction of sp³-hybridized carbons (Fsp3) is 0.308. The number of hydrogen-bond acceptors (Lipinski definition) is 5. The van der Waals surface area contributed by atoms with Gasteiger partial charge in [0.25, 0.3) is 5.56 Å². The van der Waals surface area contributed by atoms with Gasteiger partial charge < -0.3 is 15.0 Å². The van der Waals surface area contributed by atoms with Gasteiger partial charge in [-0.05, 0) is 31.2 Å². The van der Waals surface area contributed by atoms with Crippen molar-refractivity contribution < 1.29 is 4.74 Å². The van der Waals surface area contributed by atoms with Crippen molar-refractivity contribution in [1.82, 2.24) is 14.5 Å². The van der Waals surface area contributed by atoms with Gasteiger partial charge in [-0.15, -0.1) is 12.4 Å². The van der Waals surface area contributed by atoms with Crippen LogP contribution in [-0.4, -0.2) is 28.2 Å². The molecule has 0 spiro atoms. The van der Waals surface area contributed by atoms with E-state index in [1.807, 2.05) is 0 Å². The van der Waals surface area contributed by atoms with Crippen LogP contribution in [0.15, 0.2) is 23.1 Å². The second-order valence-electron chi connectivity index (χ2n) is 4.33. The molecule has 2 heterocycles. The monoisotopic (exact) mass is 362 g/mol. The Morgan fingerprint density at radius 3 is 2.86 bits per heavy atom. The lowest BCUT2D eigenvalue weighted by Gasteiger charge is -2.15. The van der Waals surface area contributed by atoms with Crippen LogP contribution in [0.2, 0.25) is 5.02 Å². The van der Waals surface area contributed by atoms with Crippen LogP contribution in [0.3, 0.4) is 0 Å². The Kier molecular flexibility index (Phi) is 7.02. The summed E-state index contributed by atoms with van der Waals surface area (Å²) in [5.74, 6) is 0.376. The normalized spacial score (nSPS) is 10.1. The Bertz CT molecular complexity index is 760. The molecule has 0 aromatic carbocycles. The van der Waals surface area contributed by atoms with Gasteiger partial charge in [0, 0.05) is 18.8 Å². The van der Waals surface area contributed by atoms with Crippen LogP contribution in [0.4, 0.5) is 0 Å². The molecule has 0 amide bonds. The summed E-state index contributed by atoms with van der Waals surface area (Å²) in [6.45, 7) is 1.10. The van der Waals surface area contributed by atoms with Crippen LogP contribution in [-0.2, 0) is 6.54 Å². The van der Waals surface area contributed by atoms with E-state index in [1.165, 1.54) is 19.4 Å². The second-order valence-corrected chi connectivity index (χ2v) is 5.15. The maximum atomic E-state index is 11.7. The number of H-pyrrole nitrogens is 1. The molecule has 6 nitrogen and oxygen atoms in total. The summed E-state index contributed by atoms with van der Waals surface area (Å²) in [7, 11) is 1.51. The van der Waals surface area contributed by atoms with Crippen LogP contribution < -0.4 is 16.0 Å². The third-order valence-electron chi connectivity index (χ3n) is 2.91. The number of aromatic amines is 1. The first-order valence-electron chi connectivity index (χ1n) is 6.31. The summed E-state index contributed by atoms with van der Waals surface area (Å²) >= 11 is 11.2. The SMILES string of the molecule is COc1ncc(Cl)cc1-c1cc(=O)[nH]c(=S)n1CCCN.Cl. The predicted molar refractivity (Wildman–Crippen MR) is 91.6 cm³/mol. The number of nitrogens with one attached hydrogen (secondary N) is 1. The fourth-order valence-electron chi connectivity index (χ4n) is 1.99. The number of aromatic nitrogens is 3. The number of pyridine rings is 1. The molecule has 0 saturated carbocycles. The minimum absolute atomic E-state index is 0. The van der Waals surface area contributed by atoms with Gasteiger partial charge in [-0.25, -0.2) is 4.98 Å². The molecule has 0 radical (unpaired) electrons. The lowest BCUT2D eigenvalue weighted by molar-refractivity contribution is 0.399. The molecule has 0 aliphatic carbocycles. The van der Waals surface area contributed by atoms with E-state index in [0.717, 1.165) is 6.42 Å². The molecule has 0 aliphatic rings. The number of nitrogens with two attached hydrogens (primary N) is 1. The molecule has 0 bridgehead atoms. The van der Waals surface area contributed by atoms with Crippen LogP contribution in [0.1, 0.15) is 6.42 Å². The topological polar surface area (TPSA) is 85.9 Å². The lowest BCUT2D eigenvalue weighted by atomic mass is 10.2. The van der Waals surface area contributed by atoms with Gasteiger partial charge in [-0.2, -0.15) is 0 Å². The van der Waals surface area contributed by atoms with Gasteiger partial charge >= 0.3 is 0 Å². The highest BCUT2D eigenvalue weighted by Gasteiger charge is 2.13. The van der Waals surface area contributed by atoms with Crippen molar-refractivity contribution in [2.45, 2.75) is 13.0 Å². The van der Waals surface area contributed by atoms with E-state index in [0.29, 0.717) is 40.0 Å². The molecule has 3 N–H and O–H groups in total. The Balaban J connectivity index is 0.00000242. The number of rotatable bonds is 5. The van der Waals surface area contributed by atoms with Crippen molar-refractivity contribution in [3.05, 3.63) is 38.5 Å². The van der Waals surface area contributed by atoms with Gasteiger partial charge in [0.05, 0.1) is 23.4 Å². The van der Waals surface area contributed by atoms with Gasteiger partial charge in [0.15, 0.2) is 4.77 Å². The molecule has 0 atom stereocenters. The van der Waals surface area contributed by atoms with Gasteiger partial charge in [-0.3, -0.25) is 9.78 Å². The van der Waals surface area contributed by atoms with E-state index in [4.69, 9.17) is 34.3 Å². The first-order valence-corrected chi connectivity index (χ1v) is 7.09. The third-order valence-corrected chi connectivity index (χ3v) is 3.44. The maximum absolute atomic E-state index is 11.7. The van der Waals surface area contributed by atoms with Crippen LogP contribution >= 0.6 is 36.2 Å². The molecule has 0 aliphatic heterocycles. The number of hydrogen-bond donors (Lipinski definition) is 2. The average Bonchev–Trinajstić information content (AvgIpc) is 2.45. The summed E-state index contributed by atoms with van der Waals surface area (Å²) in [6.07, 6.45) is 2.21. The predicted octanol–water partition coefficient (Wildman–Crippen LogP) is 2.40. The van der Waals surface area contributed by atoms with E-state index in [2.05, 4.69) is 9.97 Å². The van der Waals surface area contributed by atoms with E-state index < -0.39 is 0 Å². The lowest BCUT2D eigenvalue weighted by Crippen LogP contribution is -2.17. The number of halogens is 2. The van der Waals surface area contributed by atoms with E-state index in [1.54, 1.807) is 10.6 Å². The van der Waals surface area contributed by atoms with Crippen molar-refractivity contribution in [2.24, 2.45) is 5.73 Å². The van der Waals surface area contributed by atoms with Gasteiger partial charge in [0.2, 0.25) is 5.88 Å². The number of ether oxygens (including phenoxy) is 1. The Morgan fingerprint density at radius 1 is 1.50 bits per heavy atom. The quantitative estimate of drug-likeness (QED) is 0.797. The number of methoxy groups -OCH3 is 1. The van der Waals surface area contributed by atoms with Gasteiger partial charge in [-0.1, -0.05) is 11.6 Å². The first-order chi connectivity index (χ1) is 10.1.